The molecule has 1 rings (SSSR count). The van der Waals surface area contributed by atoms with Gasteiger partial charge in [-0.2, -0.15) is 0 Å². The molecule has 1 aliphatic rings. The quantitative estimate of drug-likeness (QED) is 0.710. The van der Waals surface area contributed by atoms with Crippen LogP contribution in [0.25, 0.3) is 0 Å². The zero-order valence-corrected chi connectivity index (χ0v) is 10.5. The zero-order valence-electron chi connectivity index (χ0n) is 10.5. The van der Waals surface area contributed by atoms with E-state index >= 15 is 0 Å². The van der Waals surface area contributed by atoms with E-state index in [9.17, 15) is 0 Å². The Balaban J connectivity index is 2.31. The molecule has 15 heavy (non-hydrogen) atoms. The van der Waals surface area contributed by atoms with Crippen molar-refractivity contribution in [1.82, 2.24) is 5.32 Å². The molecular formula is C13H28N2. The largest absolute Gasteiger partial charge is 0.330 e. The zero-order chi connectivity index (χ0) is 11.1. The van der Waals surface area contributed by atoms with Gasteiger partial charge in [-0.3, -0.25) is 0 Å². The highest BCUT2D eigenvalue weighted by Crippen LogP contribution is 2.25. The van der Waals surface area contributed by atoms with Crippen molar-refractivity contribution in [2.45, 2.75) is 64.8 Å². The normalized spacial score (nSPS) is 19.4. The molecule has 2 nitrogen and oxygen atoms in total. The van der Waals surface area contributed by atoms with Crippen LogP contribution in [0.5, 0.6) is 0 Å². The van der Waals surface area contributed by atoms with Gasteiger partial charge in [0.1, 0.15) is 0 Å². The van der Waals surface area contributed by atoms with Crippen LogP contribution >= 0.6 is 0 Å². The average Bonchev–Trinajstić information content (AvgIpc) is 2.33. The summed E-state index contributed by atoms with van der Waals surface area (Å²) < 4.78 is 0. The maximum Gasteiger partial charge on any atom is 0.00673 e. The molecule has 2 heteroatoms. The maximum absolute atomic E-state index is 5.90. The Bertz CT molecular complexity index is 150. The molecule has 0 atom stereocenters. The summed E-state index contributed by atoms with van der Waals surface area (Å²) in [5, 5.41) is 3.74. The third kappa shape index (κ3) is 3.76. The van der Waals surface area contributed by atoms with Gasteiger partial charge in [0.15, 0.2) is 0 Å². The predicted molar refractivity (Wildman–Crippen MR) is 66.9 cm³/mol. The molecule has 0 aliphatic heterocycles. The summed E-state index contributed by atoms with van der Waals surface area (Å²) in [6.07, 6.45) is 9.38. The fraction of sp³-hybridized carbons (Fsp3) is 1.00. The maximum atomic E-state index is 5.90. The SMILES string of the molecule is CCC(CC)(CN)CNC1CCCCC1. The van der Waals surface area contributed by atoms with E-state index in [1.807, 2.05) is 0 Å². The fourth-order valence-corrected chi connectivity index (χ4v) is 2.53. The summed E-state index contributed by atoms with van der Waals surface area (Å²) in [6.45, 7) is 6.46. The first-order valence-electron chi connectivity index (χ1n) is 6.70. The van der Waals surface area contributed by atoms with Crippen LogP contribution in [0.2, 0.25) is 0 Å². The van der Waals surface area contributed by atoms with Crippen molar-refractivity contribution >= 4 is 0 Å². The van der Waals surface area contributed by atoms with Gasteiger partial charge in [0, 0.05) is 12.6 Å². The summed E-state index contributed by atoms with van der Waals surface area (Å²) in [4.78, 5) is 0. The van der Waals surface area contributed by atoms with E-state index in [-0.39, 0.29) is 0 Å². The van der Waals surface area contributed by atoms with Crippen LogP contribution in [0.1, 0.15) is 58.8 Å². The molecular weight excluding hydrogens is 184 g/mol. The lowest BCUT2D eigenvalue weighted by Crippen LogP contribution is -2.44. The average molecular weight is 212 g/mol. The van der Waals surface area contributed by atoms with Crippen molar-refractivity contribution in [2.24, 2.45) is 11.1 Å². The molecule has 0 saturated heterocycles. The first kappa shape index (κ1) is 13.0. The molecule has 1 aliphatic carbocycles. The Labute approximate surface area is 95.0 Å². The van der Waals surface area contributed by atoms with Gasteiger partial charge in [0.05, 0.1) is 0 Å². The van der Waals surface area contributed by atoms with Crippen molar-refractivity contribution in [3.05, 3.63) is 0 Å². The Kier molecular flexibility index (Phi) is 5.62. The number of rotatable bonds is 6. The van der Waals surface area contributed by atoms with E-state index in [0.29, 0.717) is 5.41 Å². The molecule has 0 aromatic heterocycles. The topological polar surface area (TPSA) is 38.0 Å². The van der Waals surface area contributed by atoms with Crippen LogP contribution in [0.3, 0.4) is 0 Å². The van der Waals surface area contributed by atoms with Gasteiger partial charge in [-0.1, -0.05) is 33.1 Å². The second-order valence-electron chi connectivity index (χ2n) is 5.13. The van der Waals surface area contributed by atoms with Gasteiger partial charge in [-0.05, 0) is 37.6 Å². The first-order valence-corrected chi connectivity index (χ1v) is 6.70. The molecule has 3 N–H and O–H groups in total. The molecule has 0 unspecified atom stereocenters. The van der Waals surface area contributed by atoms with Gasteiger partial charge in [-0.15, -0.1) is 0 Å². The Morgan fingerprint density at radius 3 is 2.20 bits per heavy atom. The molecule has 0 aromatic rings. The summed E-state index contributed by atoms with van der Waals surface area (Å²) in [6, 6.07) is 0.766. The van der Waals surface area contributed by atoms with Crippen LogP contribution in [-0.2, 0) is 0 Å². The molecule has 0 spiro atoms. The van der Waals surface area contributed by atoms with Gasteiger partial charge in [-0.25, -0.2) is 0 Å². The third-order valence-corrected chi connectivity index (χ3v) is 4.30. The van der Waals surface area contributed by atoms with E-state index in [2.05, 4.69) is 19.2 Å². The number of nitrogens with one attached hydrogen (secondary N) is 1. The lowest BCUT2D eigenvalue weighted by atomic mass is 9.81. The van der Waals surface area contributed by atoms with Crippen molar-refractivity contribution < 1.29 is 0 Å². The summed E-state index contributed by atoms with van der Waals surface area (Å²) >= 11 is 0. The smallest absolute Gasteiger partial charge is 0.00673 e. The van der Waals surface area contributed by atoms with Crippen molar-refractivity contribution in [3.63, 3.8) is 0 Å². The molecule has 0 amide bonds. The Morgan fingerprint density at radius 1 is 1.13 bits per heavy atom. The summed E-state index contributed by atoms with van der Waals surface area (Å²) in [5.41, 5.74) is 6.25. The van der Waals surface area contributed by atoms with Crippen molar-refractivity contribution in [2.75, 3.05) is 13.1 Å². The lowest BCUT2D eigenvalue weighted by Gasteiger charge is -2.33. The summed E-state index contributed by atoms with van der Waals surface area (Å²) in [5.74, 6) is 0. The Hall–Kier alpha value is -0.0800. The second-order valence-corrected chi connectivity index (χ2v) is 5.13. The molecule has 1 fully saturated rings. The van der Waals surface area contributed by atoms with E-state index in [1.165, 1.54) is 44.9 Å². The summed E-state index contributed by atoms with van der Waals surface area (Å²) in [7, 11) is 0. The molecule has 0 aromatic carbocycles. The van der Waals surface area contributed by atoms with Crippen LogP contribution < -0.4 is 11.1 Å². The van der Waals surface area contributed by atoms with Gasteiger partial charge >= 0.3 is 0 Å². The van der Waals surface area contributed by atoms with Crippen molar-refractivity contribution in [3.8, 4) is 0 Å². The fourth-order valence-electron chi connectivity index (χ4n) is 2.53. The molecule has 90 valence electrons. The second kappa shape index (κ2) is 6.49. The van der Waals surface area contributed by atoms with Crippen molar-refractivity contribution in [1.29, 1.82) is 0 Å². The lowest BCUT2D eigenvalue weighted by molar-refractivity contribution is 0.233. The van der Waals surface area contributed by atoms with E-state index in [1.54, 1.807) is 0 Å². The van der Waals surface area contributed by atoms with E-state index in [4.69, 9.17) is 5.73 Å². The first-order chi connectivity index (χ1) is 7.26. The van der Waals surface area contributed by atoms with E-state index in [0.717, 1.165) is 19.1 Å². The van der Waals surface area contributed by atoms with Crippen LogP contribution in [-0.4, -0.2) is 19.1 Å². The molecule has 0 bridgehead atoms. The molecule has 0 radical (unpaired) electrons. The van der Waals surface area contributed by atoms with Crippen LogP contribution in [0, 0.1) is 5.41 Å². The molecule has 1 saturated carbocycles. The molecule has 0 heterocycles. The highest BCUT2D eigenvalue weighted by molar-refractivity contribution is 4.83. The van der Waals surface area contributed by atoms with E-state index < -0.39 is 0 Å². The monoisotopic (exact) mass is 212 g/mol. The predicted octanol–water partition coefficient (Wildman–Crippen LogP) is 2.67. The minimum atomic E-state index is 0.345. The van der Waals surface area contributed by atoms with Gasteiger partial charge in [0.25, 0.3) is 0 Å². The Morgan fingerprint density at radius 2 is 1.73 bits per heavy atom. The van der Waals surface area contributed by atoms with Crippen LogP contribution in [0.4, 0.5) is 0 Å². The highest BCUT2D eigenvalue weighted by Gasteiger charge is 2.25. The van der Waals surface area contributed by atoms with Gasteiger partial charge in [0.2, 0.25) is 0 Å². The minimum Gasteiger partial charge on any atom is -0.330 e. The van der Waals surface area contributed by atoms with Gasteiger partial charge < -0.3 is 11.1 Å². The number of nitrogens with two attached hydrogens (primary N) is 1. The number of hydrogen-bond donors (Lipinski definition) is 2. The highest BCUT2D eigenvalue weighted by atomic mass is 14.9. The number of hydrogen-bond acceptors (Lipinski definition) is 2. The standard InChI is InChI=1S/C13H28N2/c1-3-13(4-2,10-14)11-15-12-8-6-5-7-9-12/h12,15H,3-11,14H2,1-2H3. The minimum absolute atomic E-state index is 0.345. The van der Waals surface area contributed by atoms with Crippen LogP contribution in [0.15, 0.2) is 0 Å². The third-order valence-electron chi connectivity index (χ3n) is 4.30.